The third-order valence-electron chi connectivity index (χ3n) is 9.61. The summed E-state index contributed by atoms with van der Waals surface area (Å²) in [6, 6.07) is 0. The molecule has 0 aliphatic heterocycles. The van der Waals surface area contributed by atoms with Crippen LogP contribution < -0.4 is 0 Å². The van der Waals surface area contributed by atoms with Gasteiger partial charge < -0.3 is 4.74 Å². The van der Waals surface area contributed by atoms with Gasteiger partial charge in [-0.3, -0.25) is 0 Å². The second-order valence-corrected chi connectivity index (χ2v) is 13.7. The Kier molecular flexibility index (Phi) is 28.1. The van der Waals surface area contributed by atoms with Crippen LogP contribution in [0.3, 0.4) is 0 Å². The normalized spacial score (nSPS) is 14.9. The molecule has 2 atom stereocenters. The summed E-state index contributed by atoms with van der Waals surface area (Å²) in [5, 5.41) is 0. The van der Waals surface area contributed by atoms with Gasteiger partial charge in [-0.25, -0.2) is 0 Å². The third kappa shape index (κ3) is 25.4. The van der Waals surface area contributed by atoms with Gasteiger partial charge >= 0.3 is 0 Å². The Morgan fingerprint density at radius 2 is 0.513 bits per heavy atom. The van der Waals surface area contributed by atoms with Gasteiger partial charge in [0.05, 0.1) is 11.2 Å². The van der Waals surface area contributed by atoms with Crippen LogP contribution in [0.2, 0.25) is 0 Å². The largest absolute Gasteiger partial charge is 0.369 e. The van der Waals surface area contributed by atoms with E-state index in [1.54, 1.807) is 0 Å². The molecule has 2 unspecified atom stereocenters. The molecule has 0 saturated heterocycles. The van der Waals surface area contributed by atoms with E-state index in [2.05, 4.69) is 41.5 Å². The topological polar surface area (TPSA) is 9.23 Å². The quantitative estimate of drug-likeness (QED) is 0.0757. The lowest BCUT2D eigenvalue weighted by molar-refractivity contribution is -0.152. The minimum Gasteiger partial charge on any atom is -0.369 e. The number of ether oxygens (including phenoxy) is 1. The van der Waals surface area contributed by atoms with E-state index in [1.807, 2.05) is 0 Å². The molecule has 0 aliphatic rings. The Hall–Kier alpha value is -0.0400. The maximum Gasteiger partial charge on any atom is 0.0659 e. The molecule has 0 aromatic heterocycles. The first kappa shape index (κ1) is 39.0. The van der Waals surface area contributed by atoms with Crippen LogP contribution in [-0.4, -0.2) is 11.2 Å². The van der Waals surface area contributed by atoms with E-state index in [9.17, 15) is 0 Å². The second kappa shape index (κ2) is 28.1. The molecule has 0 N–H and O–H groups in total. The summed E-state index contributed by atoms with van der Waals surface area (Å²) in [6.07, 6.45) is 41.9. The first-order chi connectivity index (χ1) is 18.9. The molecule has 0 aromatic rings. The van der Waals surface area contributed by atoms with Crippen LogP contribution in [0.5, 0.6) is 0 Å². The zero-order valence-corrected chi connectivity index (χ0v) is 28.6. The fourth-order valence-corrected chi connectivity index (χ4v) is 6.23. The van der Waals surface area contributed by atoms with Crippen molar-refractivity contribution in [2.75, 3.05) is 0 Å². The number of rotatable bonds is 32. The van der Waals surface area contributed by atoms with Crippen molar-refractivity contribution in [3.05, 3.63) is 0 Å². The Balaban J connectivity index is 3.84. The predicted octanol–water partition coefficient (Wildman–Crippen LogP) is 14.3. The van der Waals surface area contributed by atoms with Crippen LogP contribution in [0.4, 0.5) is 0 Å². The SMILES string of the molecule is CCCCCCCCCCCCCCCC(C)(CC)OC(C)(CC)CCCCCCCCCCCCCCC. The number of hydrogen-bond donors (Lipinski definition) is 0. The van der Waals surface area contributed by atoms with Crippen molar-refractivity contribution < 1.29 is 4.74 Å². The summed E-state index contributed by atoms with van der Waals surface area (Å²) in [5.74, 6) is 0. The standard InChI is InChI=1S/C38H78O/c1-7-11-13-15-17-19-21-23-25-27-29-31-33-35-37(5,9-3)39-38(6,10-4)36-34-32-30-28-26-24-22-20-18-16-14-12-8-2/h7-36H2,1-6H3. The van der Waals surface area contributed by atoms with E-state index in [1.165, 1.54) is 180 Å². The minimum atomic E-state index is 0.0546. The lowest BCUT2D eigenvalue weighted by Crippen LogP contribution is -2.40. The van der Waals surface area contributed by atoms with Crippen molar-refractivity contribution in [3.8, 4) is 0 Å². The Morgan fingerprint density at radius 1 is 0.308 bits per heavy atom. The number of hydrogen-bond acceptors (Lipinski definition) is 1. The van der Waals surface area contributed by atoms with E-state index in [-0.39, 0.29) is 11.2 Å². The van der Waals surface area contributed by atoms with E-state index < -0.39 is 0 Å². The van der Waals surface area contributed by atoms with Crippen LogP contribution in [0, 0.1) is 0 Å². The zero-order valence-electron chi connectivity index (χ0n) is 28.6. The second-order valence-electron chi connectivity index (χ2n) is 13.7. The number of unbranched alkanes of at least 4 members (excludes halogenated alkanes) is 24. The highest BCUT2D eigenvalue weighted by Crippen LogP contribution is 2.34. The highest BCUT2D eigenvalue weighted by atomic mass is 16.5. The highest BCUT2D eigenvalue weighted by Gasteiger charge is 2.33. The molecule has 0 heterocycles. The van der Waals surface area contributed by atoms with Crippen molar-refractivity contribution in [2.45, 2.75) is 245 Å². The fourth-order valence-electron chi connectivity index (χ4n) is 6.23. The van der Waals surface area contributed by atoms with Crippen molar-refractivity contribution in [1.29, 1.82) is 0 Å². The molecule has 0 rings (SSSR count). The summed E-state index contributed by atoms with van der Waals surface area (Å²) >= 11 is 0. The summed E-state index contributed by atoms with van der Waals surface area (Å²) in [5.41, 5.74) is 0.109. The average molecular weight is 551 g/mol. The predicted molar refractivity (Wildman–Crippen MR) is 179 cm³/mol. The van der Waals surface area contributed by atoms with E-state index in [0.29, 0.717) is 0 Å². The highest BCUT2D eigenvalue weighted by molar-refractivity contribution is 4.82. The summed E-state index contributed by atoms with van der Waals surface area (Å²) in [7, 11) is 0. The van der Waals surface area contributed by atoms with E-state index in [0.717, 1.165) is 12.8 Å². The van der Waals surface area contributed by atoms with Crippen LogP contribution >= 0.6 is 0 Å². The summed E-state index contributed by atoms with van der Waals surface area (Å²) in [4.78, 5) is 0. The molecule has 0 aliphatic carbocycles. The van der Waals surface area contributed by atoms with Crippen molar-refractivity contribution >= 4 is 0 Å². The van der Waals surface area contributed by atoms with Crippen molar-refractivity contribution in [3.63, 3.8) is 0 Å². The minimum absolute atomic E-state index is 0.0546. The Morgan fingerprint density at radius 3 is 0.718 bits per heavy atom. The van der Waals surface area contributed by atoms with E-state index >= 15 is 0 Å². The van der Waals surface area contributed by atoms with Gasteiger partial charge in [-0.05, 0) is 39.5 Å². The van der Waals surface area contributed by atoms with Crippen LogP contribution in [0.25, 0.3) is 0 Å². The molecule has 0 fully saturated rings. The first-order valence-electron chi connectivity index (χ1n) is 18.7. The van der Waals surface area contributed by atoms with Crippen molar-refractivity contribution in [1.82, 2.24) is 0 Å². The van der Waals surface area contributed by atoms with Gasteiger partial charge in [0.2, 0.25) is 0 Å². The molecule has 0 saturated carbocycles. The monoisotopic (exact) mass is 551 g/mol. The Labute approximate surface area is 249 Å². The molecule has 0 bridgehead atoms. The smallest absolute Gasteiger partial charge is 0.0659 e. The molecule has 236 valence electrons. The molecule has 1 heteroatoms. The third-order valence-corrected chi connectivity index (χ3v) is 9.61. The lowest BCUT2D eigenvalue weighted by atomic mass is 9.89. The van der Waals surface area contributed by atoms with Gasteiger partial charge in [0.15, 0.2) is 0 Å². The van der Waals surface area contributed by atoms with Gasteiger partial charge in [0.25, 0.3) is 0 Å². The Bertz CT molecular complexity index is 431. The zero-order chi connectivity index (χ0) is 28.9. The molecule has 0 spiro atoms. The average Bonchev–Trinajstić information content (AvgIpc) is 2.93. The van der Waals surface area contributed by atoms with Crippen molar-refractivity contribution in [2.24, 2.45) is 0 Å². The molecular formula is C38H78O. The van der Waals surface area contributed by atoms with Gasteiger partial charge in [-0.1, -0.05) is 195 Å². The fraction of sp³-hybridized carbons (Fsp3) is 1.00. The molecular weight excluding hydrogens is 472 g/mol. The van der Waals surface area contributed by atoms with Gasteiger partial charge in [-0.2, -0.15) is 0 Å². The maximum atomic E-state index is 6.94. The van der Waals surface area contributed by atoms with Crippen LogP contribution in [-0.2, 0) is 4.74 Å². The first-order valence-corrected chi connectivity index (χ1v) is 18.7. The van der Waals surface area contributed by atoms with E-state index in [4.69, 9.17) is 4.74 Å². The molecule has 0 amide bonds. The molecule has 0 aromatic carbocycles. The molecule has 0 radical (unpaired) electrons. The van der Waals surface area contributed by atoms with Crippen LogP contribution in [0.15, 0.2) is 0 Å². The summed E-state index contributed by atoms with van der Waals surface area (Å²) < 4.78 is 6.94. The van der Waals surface area contributed by atoms with Gasteiger partial charge in [-0.15, -0.1) is 0 Å². The van der Waals surface area contributed by atoms with Gasteiger partial charge in [0, 0.05) is 0 Å². The maximum absolute atomic E-state index is 6.94. The summed E-state index contributed by atoms with van der Waals surface area (Å²) in [6.45, 7) is 14.1. The molecule has 39 heavy (non-hydrogen) atoms. The van der Waals surface area contributed by atoms with Crippen LogP contribution in [0.1, 0.15) is 234 Å². The lowest BCUT2D eigenvalue weighted by Gasteiger charge is -2.40. The van der Waals surface area contributed by atoms with Gasteiger partial charge in [0.1, 0.15) is 0 Å². The molecule has 1 nitrogen and oxygen atoms in total.